The molecule has 0 fully saturated rings. The zero-order chi connectivity index (χ0) is 34.6. The molecular weight excluding hydrogens is 656 g/mol. The van der Waals surface area contributed by atoms with Crippen molar-refractivity contribution in [1.82, 2.24) is 0 Å². The minimum Gasteiger partial charge on any atom is -0.498 e. The van der Waals surface area contributed by atoms with Gasteiger partial charge >= 0.3 is 17.1 Å². The number of ether oxygens (including phenoxy) is 2. The van der Waals surface area contributed by atoms with Crippen molar-refractivity contribution in [3.63, 3.8) is 0 Å². The number of anilines is 2. The summed E-state index contributed by atoms with van der Waals surface area (Å²) in [5.74, 6) is 2.26. The van der Waals surface area contributed by atoms with Gasteiger partial charge in [-0.1, -0.05) is 84.9 Å². The molecule has 1 radical (unpaired) electrons. The van der Waals surface area contributed by atoms with Gasteiger partial charge in [0.15, 0.2) is 0 Å². The Balaban J connectivity index is 0.000000310. The summed E-state index contributed by atoms with van der Waals surface area (Å²) in [6, 6.07) is 52.5. The summed E-state index contributed by atoms with van der Waals surface area (Å²) in [6.45, 7) is 15.7. The Bertz CT molecular complexity index is 1850. The quantitative estimate of drug-likeness (QED) is 0.128. The smallest absolute Gasteiger partial charge is 0.498 e. The molecule has 1 unspecified atom stereocenters. The Morgan fingerprint density at radius 1 is 0.480 bits per heavy atom. The van der Waals surface area contributed by atoms with E-state index in [1.165, 1.54) is 0 Å². The maximum Gasteiger partial charge on any atom is 3.00 e. The first-order chi connectivity index (χ1) is 23.8. The number of hydrogen-bond acceptors (Lipinski definition) is 4. The zero-order valence-electron chi connectivity index (χ0n) is 29.1. The van der Waals surface area contributed by atoms with Crippen LogP contribution in [0.3, 0.4) is 0 Å². The summed E-state index contributed by atoms with van der Waals surface area (Å²) in [5.41, 5.74) is 8.36. The standard InChI is InChI=1S/C31H29N2O2.2C7H7.Fe/c1-22-13-11-14-23(2)30(22)34-28-21-29(35-31-24(3)15-12-16-25(31)4)33(27-19-9-6-10-20-27)32(28)26-17-7-5-8-18-26;2*1-7-5-3-2-4-6-7;/h5-20,28H,1-4H3;2*2-6H,1H2;/q3*-1;+3. The first-order valence-corrected chi connectivity index (χ1v) is 16.4. The van der Waals surface area contributed by atoms with Crippen LogP contribution >= 0.6 is 0 Å². The number of rotatable bonds is 6. The summed E-state index contributed by atoms with van der Waals surface area (Å²) < 4.78 is 13.3. The summed E-state index contributed by atoms with van der Waals surface area (Å²) >= 11 is 0. The first-order valence-electron chi connectivity index (χ1n) is 16.4. The molecular formula is C45H43FeN2O2. The van der Waals surface area contributed by atoms with E-state index in [9.17, 15) is 0 Å². The topological polar surface area (TPSA) is 24.9 Å². The second-order valence-electron chi connectivity index (χ2n) is 11.8. The molecule has 0 bridgehead atoms. The van der Waals surface area contributed by atoms with Crippen molar-refractivity contribution in [3.05, 3.63) is 217 Å². The summed E-state index contributed by atoms with van der Waals surface area (Å²) in [4.78, 5) is 0. The molecule has 7 rings (SSSR count). The largest absolute Gasteiger partial charge is 3.00 e. The van der Waals surface area contributed by atoms with Gasteiger partial charge < -0.3 is 15.5 Å². The summed E-state index contributed by atoms with van der Waals surface area (Å²) in [5, 5.41) is 4.13. The fraction of sp³-hybridized carbons (Fsp3) is 0.111. The molecule has 5 heteroatoms. The van der Waals surface area contributed by atoms with E-state index < -0.39 is 6.23 Å². The first kappa shape index (κ1) is 37.3. The van der Waals surface area contributed by atoms with Crippen molar-refractivity contribution in [2.75, 3.05) is 10.0 Å². The van der Waals surface area contributed by atoms with Crippen LogP contribution < -0.4 is 19.5 Å². The summed E-state index contributed by atoms with van der Waals surface area (Å²) in [6.07, 6.45) is 2.99. The van der Waals surface area contributed by atoms with Crippen LogP contribution in [-0.4, -0.2) is 6.23 Å². The molecule has 4 nitrogen and oxygen atoms in total. The number of aryl methyl sites for hydroxylation is 4. The van der Waals surface area contributed by atoms with Crippen molar-refractivity contribution in [2.45, 2.75) is 33.9 Å². The van der Waals surface area contributed by atoms with E-state index in [1.807, 2.05) is 114 Å². The van der Waals surface area contributed by atoms with E-state index in [1.54, 1.807) is 0 Å². The van der Waals surface area contributed by atoms with Crippen LogP contribution in [0.15, 0.2) is 164 Å². The van der Waals surface area contributed by atoms with E-state index in [0.717, 1.165) is 56.3 Å². The van der Waals surface area contributed by atoms with Gasteiger partial charge in [-0.15, -0.1) is 24.3 Å². The SMILES string of the molecule is Cc1cccc(C)c1OC1=[C-]C(Oc2c(C)cccc2C)N(c2ccccc2)N1c1ccccc1.[CH2-]c1ccccc1.[CH2-]c1ccccc1.[Fe+3]. The van der Waals surface area contributed by atoms with Gasteiger partial charge in [-0.2, -0.15) is 49.2 Å². The maximum absolute atomic E-state index is 6.66. The fourth-order valence-corrected chi connectivity index (χ4v) is 5.33. The van der Waals surface area contributed by atoms with Crippen molar-refractivity contribution in [2.24, 2.45) is 0 Å². The van der Waals surface area contributed by atoms with Crippen LogP contribution in [0.25, 0.3) is 0 Å². The summed E-state index contributed by atoms with van der Waals surface area (Å²) in [7, 11) is 0. The van der Waals surface area contributed by atoms with Gasteiger partial charge in [0.25, 0.3) is 0 Å². The maximum atomic E-state index is 6.66. The number of para-hydroxylation sites is 4. The van der Waals surface area contributed by atoms with Crippen LogP contribution in [0.5, 0.6) is 11.5 Å². The molecule has 6 aromatic carbocycles. The molecule has 0 spiro atoms. The molecule has 0 saturated carbocycles. The molecule has 0 N–H and O–H groups in total. The average molecular weight is 700 g/mol. The molecule has 1 heterocycles. The molecule has 6 aromatic rings. The number of nitrogens with zero attached hydrogens (tertiary/aromatic N) is 2. The Kier molecular flexibility index (Phi) is 13.7. The third-order valence-electron chi connectivity index (χ3n) is 7.83. The van der Waals surface area contributed by atoms with Gasteiger partial charge in [0.1, 0.15) is 11.5 Å². The fourth-order valence-electron chi connectivity index (χ4n) is 5.33. The van der Waals surface area contributed by atoms with Crippen molar-refractivity contribution < 1.29 is 26.5 Å². The Hall–Kier alpha value is -5.48. The van der Waals surface area contributed by atoms with Crippen molar-refractivity contribution in [1.29, 1.82) is 0 Å². The predicted molar refractivity (Wildman–Crippen MR) is 203 cm³/mol. The van der Waals surface area contributed by atoms with E-state index in [4.69, 9.17) is 9.47 Å². The van der Waals surface area contributed by atoms with E-state index in [0.29, 0.717) is 5.88 Å². The Morgan fingerprint density at radius 2 is 0.860 bits per heavy atom. The number of benzene rings is 6. The van der Waals surface area contributed by atoms with Gasteiger partial charge in [0.2, 0.25) is 0 Å². The molecule has 0 amide bonds. The number of hydrazine groups is 1. The van der Waals surface area contributed by atoms with Gasteiger partial charge in [0.05, 0.1) is 17.6 Å². The van der Waals surface area contributed by atoms with Gasteiger partial charge in [-0.3, -0.25) is 10.0 Å². The van der Waals surface area contributed by atoms with Gasteiger partial charge in [-0.05, 0) is 74.2 Å². The van der Waals surface area contributed by atoms with Crippen LogP contribution in [0.4, 0.5) is 11.4 Å². The molecule has 0 aromatic heterocycles. The van der Waals surface area contributed by atoms with Crippen LogP contribution in [-0.2, 0) is 17.1 Å². The molecule has 50 heavy (non-hydrogen) atoms. The molecule has 0 saturated heterocycles. The predicted octanol–water partition coefficient (Wildman–Crippen LogP) is 11.0. The average Bonchev–Trinajstić information content (AvgIpc) is 3.48. The van der Waals surface area contributed by atoms with Crippen LogP contribution in [0.1, 0.15) is 33.4 Å². The Labute approximate surface area is 309 Å². The Morgan fingerprint density at radius 3 is 1.26 bits per heavy atom. The van der Waals surface area contributed by atoms with Crippen LogP contribution in [0, 0.1) is 47.6 Å². The second kappa shape index (κ2) is 18.3. The third-order valence-corrected chi connectivity index (χ3v) is 7.83. The van der Waals surface area contributed by atoms with Crippen molar-refractivity contribution in [3.8, 4) is 11.5 Å². The zero-order valence-corrected chi connectivity index (χ0v) is 30.2. The van der Waals surface area contributed by atoms with E-state index in [-0.39, 0.29) is 17.1 Å². The molecule has 1 aliphatic heterocycles. The normalized spacial score (nSPS) is 13.0. The second-order valence-corrected chi connectivity index (χ2v) is 11.8. The minimum atomic E-state index is -0.531. The molecule has 0 aliphatic carbocycles. The van der Waals surface area contributed by atoms with E-state index in [2.05, 4.69) is 101 Å². The van der Waals surface area contributed by atoms with E-state index >= 15 is 0 Å². The van der Waals surface area contributed by atoms with Gasteiger partial charge in [0, 0.05) is 5.88 Å². The number of hydrogen-bond donors (Lipinski definition) is 0. The van der Waals surface area contributed by atoms with Gasteiger partial charge in [-0.25, -0.2) is 0 Å². The van der Waals surface area contributed by atoms with Crippen LogP contribution in [0.2, 0.25) is 0 Å². The molecule has 1 aliphatic rings. The van der Waals surface area contributed by atoms with Crippen molar-refractivity contribution >= 4 is 11.4 Å². The monoisotopic (exact) mass is 699 g/mol. The molecule has 253 valence electrons. The molecule has 1 atom stereocenters. The third kappa shape index (κ3) is 9.79. The minimum absolute atomic E-state index is 0.